The van der Waals surface area contributed by atoms with E-state index in [1.807, 2.05) is 31.2 Å². The molecule has 0 spiro atoms. The van der Waals surface area contributed by atoms with Gasteiger partial charge in [0.1, 0.15) is 6.33 Å². The summed E-state index contributed by atoms with van der Waals surface area (Å²) in [5.41, 5.74) is 4.69. The molecule has 8 heteroatoms. The summed E-state index contributed by atoms with van der Waals surface area (Å²) in [5, 5.41) is 1.09. The Morgan fingerprint density at radius 3 is 2.57 bits per heavy atom. The molecular weight excluding hydrogens is 376 g/mol. The van der Waals surface area contributed by atoms with E-state index >= 15 is 0 Å². The van der Waals surface area contributed by atoms with Gasteiger partial charge in [0.15, 0.2) is 0 Å². The molecule has 28 heavy (non-hydrogen) atoms. The van der Waals surface area contributed by atoms with Gasteiger partial charge in [-0.3, -0.25) is 9.36 Å². The van der Waals surface area contributed by atoms with Gasteiger partial charge in [-0.25, -0.2) is 8.96 Å². The largest absolute Gasteiger partial charge is 0.308 e. The van der Waals surface area contributed by atoms with Crippen molar-refractivity contribution in [2.75, 3.05) is 14.1 Å². The van der Waals surface area contributed by atoms with Crippen LogP contribution in [0.5, 0.6) is 0 Å². The Labute approximate surface area is 164 Å². The quantitative estimate of drug-likeness (QED) is 0.636. The summed E-state index contributed by atoms with van der Waals surface area (Å²) < 4.78 is 28.8. The van der Waals surface area contributed by atoms with Crippen molar-refractivity contribution in [3.63, 3.8) is 0 Å². The highest BCUT2D eigenvalue weighted by atomic mass is 32.2. The molecule has 3 aromatic rings. The second-order valence-electron chi connectivity index (χ2n) is 7.20. The number of para-hydroxylation sites is 1. The van der Waals surface area contributed by atoms with Gasteiger partial charge in [0, 0.05) is 30.7 Å². The number of hydrogen-bond donors (Lipinski definition) is 0. The van der Waals surface area contributed by atoms with Crippen LogP contribution in [0.3, 0.4) is 0 Å². The van der Waals surface area contributed by atoms with Crippen LogP contribution in [-0.4, -0.2) is 46.2 Å². The molecule has 0 fully saturated rings. The van der Waals surface area contributed by atoms with E-state index in [-0.39, 0.29) is 5.91 Å². The van der Waals surface area contributed by atoms with E-state index in [9.17, 15) is 13.2 Å². The number of nitrogens with zero attached hydrogens (tertiary/aromatic N) is 4. The molecular formula is C20H22N4O3S. The van der Waals surface area contributed by atoms with Gasteiger partial charge < -0.3 is 0 Å². The first kappa shape index (κ1) is 18.6. The molecule has 0 saturated heterocycles. The molecule has 0 N–H and O–H groups in total. The second-order valence-corrected chi connectivity index (χ2v) is 9.22. The molecule has 0 unspecified atom stereocenters. The number of benzene rings is 1. The van der Waals surface area contributed by atoms with Crippen molar-refractivity contribution in [2.24, 2.45) is 0 Å². The third kappa shape index (κ3) is 2.63. The molecule has 4 rings (SSSR count). The zero-order valence-corrected chi connectivity index (χ0v) is 17.1. The summed E-state index contributed by atoms with van der Waals surface area (Å²) in [6.45, 7) is 3.74. The average molecular weight is 398 g/mol. The second kappa shape index (κ2) is 6.42. The number of imidazole rings is 1. The summed E-state index contributed by atoms with van der Waals surface area (Å²) in [6.07, 6.45) is 4.36. The monoisotopic (exact) mass is 398 g/mol. The van der Waals surface area contributed by atoms with Gasteiger partial charge in [0.2, 0.25) is 0 Å². The Hall–Kier alpha value is -2.71. The summed E-state index contributed by atoms with van der Waals surface area (Å²) in [6, 6.07) is 7.89. The van der Waals surface area contributed by atoms with Gasteiger partial charge in [-0.05, 0) is 44.4 Å². The maximum Gasteiger partial charge on any atom is 0.308 e. The average Bonchev–Trinajstić information content (AvgIpc) is 3.17. The Morgan fingerprint density at radius 1 is 1.14 bits per heavy atom. The molecule has 0 aliphatic carbocycles. The normalized spacial score (nSPS) is 16.3. The summed E-state index contributed by atoms with van der Waals surface area (Å²) >= 11 is 0. The minimum absolute atomic E-state index is 0.0741. The smallest absolute Gasteiger partial charge is 0.280 e. The van der Waals surface area contributed by atoms with Crippen LogP contribution in [0.25, 0.3) is 17.0 Å². The van der Waals surface area contributed by atoms with Crippen LogP contribution in [0.4, 0.5) is 0 Å². The number of carbonyl (C=O) groups excluding carboxylic acids is 1. The highest BCUT2D eigenvalue weighted by Crippen LogP contribution is 2.32. The van der Waals surface area contributed by atoms with E-state index in [1.165, 1.54) is 20.4 Å². The highest BCUT2D eigenvalue weighted by molar-refractivity contribution is 7.87. The minimum atomic E-state index is -3.65. The van der Waals surface area contributed by atoms with Crippen LogP contribution >= 0.6 is 0 Å². The molecule has 3 heterocycles. The maximum absolute atomic E-state index is 13.2. The SMILES string of the molecule is Cc1c2n(c3ccccc13)C(=O)/C(=C/c1ncn(S(=O)(=O)N(C)C)c1C)CC2. The number of aromatic nitrogens is 3. The number of allylic oxidation sites excluding steroid dienone is 1. The zero-order chi connectivity index (χ0) is 20.2. The predicted molar refractivity (Wildman–Crippen MR) is 109 cm³/mol. The Balaban J connectivity index is 1.79. The van der Waals surface area contributed by atoms with Crippen molar-refractivity contribution in [3.05, 3.63) is 58.8 Å². The predicted octanol–water partition coefficient (Wildman–Crippen LogP) is 2.78. The van der Waals surface area contributed by atoms with Gasteiger partial charge in [0.25, 0.3) is 5.91 Å². The molecule has 0 amide bonds. The van der Waals surface area contributed by atoms with E-state index in [2.05, 4.69) is 4.98 Å². The lowest BCUT2D eigenvalue weighted by molar-refractivity contribution is 0.0946. The van der Waals surface area contributed by atoms with Gasteiger partial charge in [-0.2, -0.15) is 12.7 Å². The van der Waals surface area contributed by atoms with Gasteiger partial charge >= 0.3 is 10.2 Å². The molecule has 1 aliphatic rings. The lowest BCUT2D eigenvalue weighted by Gasteiger charge is -2.18. The van der Waals surface area contributed by atoms with Crippen LogP contribution in [-0.2, 0) is 16.6 Å². The van der Waals surface area contributed by atoms with Gasteiger partial charge in [-0.1, -0.05) is 18.2 Å². The van der Waals surface area contributed by atoms with E-state index in [4.69, 9.17) is 0 Å². The van der Waals surface area contributed by atoms with Crippen LogP contribution < -0.4 is 0 Å². The first-order valence-electron chi connectivity index (χ1n) is 9.04. The molecule has 1 aliphatic heterocycles. The van der Waals surface area contributed by atoms with Crippen LogP contribution in [0.1, 0.15) is 33.9 Å². The van der Waals surface area contributed by atoms with Crippen molar-refractivity contribution in [3.8, 4) is 0 Å². The summed E-state index contributed by atoms with van der Waals surface area (Å²) in [4.78, 5) is 17.4. The fourth-order valence-electron chi connectivity index (χ4n) is 3.75. The van der Waals surface area contributed by atoms with Crippen molar-refractivity contribution in [1.29, 1.82) is 0 Å². The number of carbonyl (C=O) groups is 1. The van der Waals surface area contributed by atoms with Crippen molar-refractivity contribution >= 4 is 33.1 Å². The number of hydrogen-bond acceptors (Lipinski definition) is 4. The molecule has 0 radical (unpaired) electrons. The fourth-order valence-corrected chi connectivity index (χ4v) is 4.70. The van der Waals surface area contributed by atoms with Crippen molar-refractivity contribution < 1.29 is 13.2 Å². The Bertz CT molecular complexity index is 1250. The zero-order valence-electron chi connectivity index (χ0n) is 16.3. The molecule has 146 valence electrons. The van der Waals surface area contributed by atoms with Crippen molar-refractivity contribution in [2.45, 2.75) is 26.7 Å². The summed E-state index contributed by atoms with van der Waals surface area (Å²) in [5.74, 6) is -0.0741. The first-order valence-corrected chi connectivity index (χ1v) is 10.4. The standard InChI is InChI=1S/C20H22N4O3S/c1-13-16-7-5-6-8-19(16)24-18(13)10-9-15(20(24)25)11-17-14(2)23(12-21-17)28(26,27)22(3)4/h5-8,11-12H,9-10H2,1-4H3/b15-11+. The third-order valence-corrected chi connectivity index (χ3v) is 7.17. The highest BCUT2D eigenvalue weighted by Gasteiger charge is 2.27. The molecule has 0 bridgehead atoms. The first-order chi connectivity index (χ1) is 13.2. The lowest BCUT2D eigenvalue weighted by Crippen LogP contribution is -2.29. The Morgan fingerprint density at radius 2 is 1.86 bits per heavy atom. The fraction of sp³-hybridized carbons (Fsp3) is 0.300. The topological polar surface area (TPSA) is 77.2 Å². The van der Waals surface area contributed by atoms with E-state index in [0.29, 0.717) is 23.4 Å². The molecule has 0 atom stereocenters. The van der Waals surface area contributed by atoms with E-state index in [0.717, 1.165) is 36.9 Å². The Kier molecular flexibility index (Phi) is 4.28. The molecule has 0 saturated carbocycles. The number of aryl methyl sites for hydroxylation is 1. The van der Waals surface area contributed by atoms with Crippen LogP contribution in [0.2, 0.25) is 0 Å². The lowest BCUT2D eigenvalue weighted by atomic mass is 10.00. The summed E-state index contributed by atoms with van der Waals surface area (Å²) in [7, 11) is -0.705. The van der Waals surface area contributed by atoms with Crippen molar-refractivity contribution in [1.82, 2.24) is 17.8 Å². The number of rotatable bonds is 3. The third-order valence-electron chi connectivity index (χ3n) is 5.38. The van der Waals surface area contributed by atoms with E-state index < -0.39 is 10.2 Å². The molecule has 2 aromatic heterocycles. The van der Waals surface area contributed by atoms with E-state index in [1.54, 1.807) is 17.6 Å². The molecule has 1 aromatic carbocycles. The van der Waals surface area contributed by atoms with Crippen LogP contribution in [0, 0.1) is 13.8 Å². The minimum Gasteiger partial charge on any atom is -0.280 e. The van der Waals surface area contributed by atoms with Gasteiger partial charge in [-0.15, -0.1) is 0 Å². The maximum atomic E-state index is 13.2. The number of fused-ring (bicyclic) bond motifs is 3. The van der Waals surface area contributed by atoms with Crippen LogP contribution in [0.15, 0.2) is 36.2 Å². The van der Waals surface area contributed by atoms with Gasteiger partial charge in [0.05, 0.1) is 16.9 Å². The molecule has 7 nitrogen and oxygen atoms in total.